The van der Waals surface area contributed by atoms with Gasteiger partial charge in [0.15, 0.2) is 0 Å². The van der Waals surface area contributed by atoms with Crippen LogP contribution in [-0.2, 0) is 0 Å². The molecule has 128 valence electrons. The van der Waals surface area contributed by atoms with Gasteiger partial charge in [-0.05, 0) is 43.2 Å². The van der Waals surface area contributed by atoms with Crippen LogP contribution in [0.4, 0.5) is 12.6 Å². The third-order valence-corrected chi connectivity index (χ3v) is 6.83. The average Bonchev–Trinajstić information content (AvgIpc) is 2.56. The number of benzene rings is 1. The van der Waals surface area contributed by atoms with E-state index < -0.39 is 15.6 Å². The molecule has 0 N–H and O–H groups in total. The lowest BCUT2D eigenvalue weighted by atomic mass is 9.84. The second kappa shape index (κ2) is 7.67. The quantitative estimate of drug-likeness (QED) is 0.400. The van der Waals surface area contributed by atoms with Crippen LogP contribution in [0.1, 0.15) is 43.6 Å². The topological polar surface area (TPSA) is 46.3 Å². The SMILES string of the molecule is C=NP(F)(=NP(F)(F)=NC)Oc1ccc(C2CCCCC2)cc1. The summed E-state index contributed by atoms with van der Waals surface area (Å²) in [4.78, 5) is 0. The highest BCUT2D eigenvalue weighted by molar-refractivity contribution is 7.66. The van der Waals surface area contributed by atoms with E-state index in [9.17, 15) is 12.6 Å². The third kappa shape index (κ3) is 5.22. The number of rotatable bonds is 5. The van der Waals surface area contributed by atoms with Gasteiger partial charge in [0.05, 0.1) is 0 Å². The maximum atomic E-state index is 14.3. The summed E-state index contributed by atoms with van der Waals surface area (Å²) < 4.78 is 54.4. The molecule has 1 fully saturated rings. The zero-order valence-electron chi connectivity index (χ0n) is 12.9. The number of hydrogen-bond donors (Lipinski definition) is 0. The first-order chi connectivity index (χ1) is 10.9. The van der Waals surface area contributed by atoms with Crippen molar-refractivity contribution in [2.75, 3.05) is 7.05 Å². The molecule has 23 heavy (non-hydrogen) atoms. The minimum Gasteiger partial charge on any atom is -0.419 e. The van der Waals surface area contributed by atoms with Gasteiger partial charge < -0.3 is 4.52 Å². The zero-order valence-corrected chi connectivity index (χ0v) is 14.7. The van der Waals surface area contributed by atoms with Gasteiger partial charge in [0.1, 0.15) is 5.75 Å². The largest absolute Gasteiger partial charge is 0.436 e. The van der Waals surface area contributed by atoms with E-state index in [4.69, 9.17) is 4.52 Å². The molecule has 1 atom stereocenters. The van der Waals surface area contributed by atoms with E-state index in [0.29, 0.717) is 5.92 Å². The molecule has 0 radical (unpaired) electrons. The lowest BCUT2D eigenvalue weighted by Gasteiger charge is -2.22. The van der Waals surface area contributed by atoms with E-state index >= 15 is 0 Å². The molecule has 4 nitrogen and oxygen atoms in total. The summed E-state index contributed by atoms with van der Waals surface area (Å²) in [5, 5.41) is 0. The van der Waals surface area contributed by atoms with Crippen molar-refractivity contribution in [3.8, 4) is 5.75 Å². The Hall–Kier alpha value is -1.06. The van der Waals surface area contributed by atoms with Crippen molar-refractivity contribution in [2.24, 2.45) is 14.0 Å². The molecule has 0 bridgehead atoms. The fourth-order valence-corrected chi connectivity index (χ4v) is 4.82. The van der Waals surface area contributed by atoms with Gasteiger partial charge in [-0.3, -0.25) is 0 Å². The van der Waals surface area contributed by atoms with E-state index in [2.05, 4.69) is 20.7 Å². The molecule has 2 rings (SSSR count). The Kier molecular flexibility index (Phi) is 6.10. The van der Waals surface area contributed by atoms with Gasteiger partial charge in [-0.1, -0.05) is 31.4 Å². The van der Waals surface area contributed by atoms with E-state index in [0.717, 1.165) is 25.5 Å². The minimum absolute atomic E-state index is 0.118. The smallest absolute Gasteiger partial charge is 0.419 e. The number of nitrogens with zero attached hydrogens (tertiary/aromatic N) is 3. The molecule has 1 saturated carbocycles. The molecule has 0 amide bonds. The van der Waals surface area contributed by atoms with Gasteiger partial charge in [-0.15, -0.1) is 17.1 Å². The van der Waals surface area contributed by atoms with Crippen LogP contribution in [0, 0.1) is 0 Å². The molecule has 0 aliphatic heterocycles. The monoisotopic (exact) mass is 365 g/mol. The molecule has 0 heterocycles. The Balaban J connectivity index is 2.17. The lowest BCUT2D eigenvalue weighted by molar-refractivity contribution is 0.443. The van der Waals surface area contributed by atoms with Crippen molar-refractivity contribution in [2.45, 2.75) is 38.0 Å². The van der Waals surface area contributed by atoms with Crippen LogP contribution in [0.15, 0.2) is 38.3 Å². The average molecular weight is 365 g/mol. The molecule has 9 heteroatoms. The molecule has 1 aromatic rings. The summed E-state index contributed by atoms with van der Waals surface area (Å²) in [5.74, 6) is 0.617. The Morgan fingerprint density at radius 2 is 1.70 bits per heavy atom. The van der Waals surface area contributed by atoms with Gasteiger partial charge in [0.25, 0.3) is 0 Å². The molecule has 0 spiro atoms. The summed E-state index contributed by atoms with van der Waals surface area (Å²) in [7, 11) is -8.68. The van der Waals surface area contributed by atoms with Crippen molar-refractivity contribution in [1.82, 2.24) is 0 Å². The Labute approximate surface area is 134 Å². The standard InChI is InChI=1S/C14H20F3N3OP2/c1-18-22(15,16)20-23(17,19-2)21-14-10-8-13(9-11-14)12-6-4-3-5-7-12/h8-12H,2-7H2,1H3. The van der Waals surface area contributed by atoms with Crippen molar-refractivity contribution in [3.63, 3.8) is 0 Å². The predicted octanol–water partition coefficient (Wildman–Crippen LogP) is 7.24. The highest BCUT2D eigenvalue weighted by atomic mass is 31.3. The molecule has 1 unspecified atom stereocenters. The lowest BCUT2D eigenvalue weighted by Crippen LogP contribution is -2.04. The van der Waals surface area contributed by atoms with Crippen molar-refractivity contribution >= 4 is 22.3 Å². The van der Waals surface area contributed by atoms with E-state index in [1.807, 2.05) is 12.1 Å². The van der Waals surface area contributed by atoms with Crippen LogP contribution < -0.4 is 4.52 Å². The van der Waals surface area contributed by atoms with Gasteiger partial charge in [-0.2, -0.15) is 4.76 Å². The molecular formula is C14H20F3N3OP2. The van der Waals surface area contributed by atoms with Crippen LogP contribution in [0.25, 0.3) is 0 Å². The minimum atomic E-state index is -5.06. The molecular weight excluding hydrogens is 345 g/mol. The predicted molar refractivity (Wildman–Crippen MR) is 90.4 cm³/mol. The second-order valence-corrected chi connectivity index (χ2v) is 8.79. The highest BCUT2D eigenvalue weighted by Crippen LogP contribution is 2.67. The second-order valence-electron chi connectivity index (χ2n) is 5.35. The van der Waals surface area contributed by atoms with Crippen LogP contribution in [0.3, 0.4) is 0 Å². The van der Waals surface area contributed by atoms with E-state index in [-0.39, 0.29) is 5.75 Å². The number of hydrogen-bond acceptors (Lipinski definition) is 2. The third-order valence-electron chi connectivity index (χ3n) is 3.81. The molecule has 0 aromatic heterocycles. The summed E-state index contributed by atoms with van der Waals surface area (Å²) >= 11 is 0. The van der Waals surface area contributed by atoms with Crippen LogP contribution in [-0.4, -0.2) is 13.8 Å². The normalized spacial score (nSPS) is 18.8. The first kappa shape index (κ1) is 18.3. The van der Waals surface area contributed by atoms with Gasteiger partial charge in [-0.25, -0.2) is 4.74 Å². The summed E-state index contributed by atoms with van der Waals surface area (Å²) in [6.45, 7) is 2.99. The van der Waals surface area contributed by atoms with Crippen molar-refractivity contribution in [1.29, 1.82) is 0 Å². The van der Waals surface area contributed by atoms with Gasteiger partial charge >= 0.3 is 15.6 Å². The maximum Gasteiger partial charge on any atom is 0.436 e. The Morgan fingerprint density at radius 3 is 2.22 bits per heavy atom. The summed E-state index contributed by atoms with van der Waals surface area (Å²) in [5.41, 5.74) is 1.16. The molecule has 1 aliphatic rings. The molecule has 1 aliphatic carbocycles. The number of halogens is 3. The first-order valence-electron chi connectivity index (χ1n) is 7.38. The van der Waals surface area contributed by atoms with Gasteiger partial charge in [0, 0.05) is 7.05 Å². The van der Waals surface area contributed by atoms with E-state index in [1.165, 1.54) is 19.3 Å². The van der Waals surface area contributed by atoms with Gasteiger partial charge in [0.2, 0.25) is 0 Å². The maximum absolute atomic E-state index is 14.3. The van der Waals surface area contributed by atoms with Crippen LogP contribution in [0.2, 0.25) is 0 Å². The molecule has 1 aromatic carbocycles. The van der Waals surface area contributed by atoms with Crippen molar-refractivity contribution in [3.05, 3.63) is 29.8 Å². The highest BCUT2D eigenvalue weighted by Gasteiger charge is 2.27. The first-order valence-corrected chi connectivity index (χ1v) is 10.4. The fourth-order valence-electron chi connectivity index (χ4n) is 2.62. The van der Waals surface area contributed by atoms with Crippen LogP contribution in [0.5, 0.6) is 5.75 Å². The summed E-state index contributed by atoms with van der Waals surface area (Å²) in [6.07, 6.45) is 5.96. The molecule has 0 saturated heterocycles. The van der Waals surface area contributed by atoms with E-state index in [1.54, 1.807) is 12.1 Å². The Morgan fingerprint density at radius 1 is 1.09 bits per heavy atom. The Bertz CT molecular complexity index is 652. The zero-order chi connectivity index (χ0) is 16.9. The summed E-state index contributed by atoms with van der Waals surface area (Å²) in [6, 6.07) is 6.82. The fraction of sp³-hybridized carbons (Fsp3) is 0.500. The van der Waals surface area contributed by atoms with Crippen molar-refractivity contribution < 1.29 is 17.1 Å². The van der Waals surface area contributed by atoms with Crippen LogP contribution >= 0.6 is 15.6 Å².